The van der Waals surface area contributed by atoms with E-state index in [1.807, 2.05) is 0 Å². The molecule has 0 aliphatic rings. The average Bonchev–Trinajstić information content (AvgIpc) is 3.06. The van der Waals surface area contributed by atoms with Crippen LogP contribution in [0.1, 0.15) is 6.92 Å². The van der Waals surface area contributed by atoms with E-state index in [2.05, 4.69) is 20.3 Å². The molecule has 2 N–H and O–H groups in total. The van der Waals surface area contributed by atoms with Crippen LogP contribution in [0, 0.1) is 5.82 Å². The van der Waals surface area contributed by atoms with Gasteiger partial charge in [-0.05, 0) is 48.9 Å². The molecule has 0 saturated carbocycles. The van der Waals surface area contributed by atoms with Gasteiger partial charge in [0.25, 0.3) is 0 Å². The molecule has 128 valence electrons. The number of carbonyl (C=O) groups is 1. The van der Waals surface area contributed by atoms with E-state index in [-0.39, 0.29) is 17.0 Å². The molecule has 2 aromatic heterocycles. The number of H-pyrrole nitrogens is 1. The van der Waals surface area contributed by atoms with Crippen LogP contribution in [-0.4, -0.2) is 26.1 Å². The Hall–Kier alpha value is -2.38. The summed E-state index contributed by atoms with van der Waals surface area (Å²) in [5.41, 5.74) is 1.58. The van der Waals surface area contributed by atoms with Crippen LogP contribution in [0.5, 0.6) is 0 Å². The number of halogens is 2. The molecule has 0 spiro atoms. The fraction of sp³-hybridized carbons (Fsp3) is 0.118. The summed E-state index contributed by atoms with van der Waals surface area (Å²) in [5.74, 6) is -0.0492. The average molecular weight is 377 g/mol. The smallest absolute Gasteiger partial charge is 0.238 e. The predicted molar refractivity (Wildman–Crippen MR) is 97.2 cm³/mol. The lowest BCUT2D eigenvalue weighted by atomic mass is 10.2. The lowest BCUT2D eigenvalue weighted by molar-refractivity contribution is -0.115. The summed E-state index contributed by atoms with van der Waals surface area (Å²) >= 11 is 7.05. The Morgan fingerprint density at radius 3 is 2.64 bits per heavy atom. The minimum atomic E-state index is -0.385. The first-order valence-electron chi connectivity index (χ1n) is 7.41. The Morgan fingerprint density at radius 2 is 1.96 bits per heavy atom. The number of amides is 1. The number of hydrogen-bond donors (Lipinski definition) is 2. The third-order valence-corrected chi connectivity index (χ3v) is 4.57. The van der Waals surface area contributed by atoms with Crippen LogP contribution in [0.15, 0.2) is 53.9 Å². The lowest BCUT2D eigenvalue weighted by Gasteiger charge is -2.09. The van der Waals surface area contributed by atoms with Gasteiger partial charge in [-0.2, -0.15) is 0 Å². The van der Waals surface area contributed by atoms with Gasteiger partial charge < -0.3 is 10.3 Å². The van der Waals surface area contributed by atoms with Crippen molar-refractivity contribution in [3.63, 3.8) is 0 Å². The zero-order valence-corrected chi connectivity index (χ0v) is 14.7. The van der Waals surface area contributed by atoms with Crippen molar-refractivity contribution >= 4 is 35.1 Å². The van der Waals surface area contributed by atoms with Crippen LogP contribution in [-0.2, 0) is 4.79 Å². The Bertz CT molecular complexity index is 867. The molecule has 1 aromatic carbocycles. The van der Waals surface area contributed by atoms with Gasteiger partial charge in [-0.25, -0.2) is 14.4 Å². The van der Waals surface area contributed by atoms with Crippen LogP contribution in [0.4, 0.5) is 10.2 Å². The molecule has 0 radical (unpaired) electrons. The highest BCUT2D eigenvalue weighted by Gasteiger charge is 2.17. The second kappa shape index (κ2) is 7.67. The zero-order chi connectivity index (χ0) is 17.8. The number of anilines is 1. The summed E-state index contributed by atoms with van der Waals surface area (Å²) in [6.45, 7) is 1.77. The van der Waals surface area contributed by atoms with Gasteiger partial charge >= 0.3 is 0 Å². The van der Waals surface area contributed by atoms with E-state index in [1.54, 1.807) is 37.4 Å². The molecular formula is C17H14ClFN4OS. The molecule has 5 nitrogen and oxygen atoms in total. The first-order chi connectivity index (χ1) is 12.0. The van der Waals surface area contributed by atoms with Crippen molar-refractivity contribution in [2.75, 3.05) is 5.32 Å². The molecule has 0 saturated heterocycles. The summed E-state index contributed by atoms with van der Waals surface area (Å²) in [7, 11) is 0. The maximum absolute atomic E-state index is 13.0. The Kier molecular flexibility index (Phi) is 5.35. The number of nitrogens with one attached hydrogen (secondary N) is 2. The number of pyridine rings is 1. The summed E-state index contributed by atoms with van der Waals surface area (Å²) in [6.07, 6.45) is 3.12. The van der Waals surface area contributed by atoms with Crippen LogP contribution < -0.4 is 5.32 Å². The Morgan fingerprint density at radius 1 is 1.20 bits per heavy atom. The van der Waals surface area contributed by atoms with Gasteiger partial charge in [0.15, 0.2) is 5.16 Å². The number of nitrogens with zero attached hydrogens (tertiary/aromatic N) is 2. The third-order valence-electron chi connectivity index (χ3n) is 3.34. The molecule has 1 unspecified atom stereocenters. The topological polar surface area (TPSA) is 70.7 Å². The highest BCUT2D eigenvalue weighted by molar-refractivity contribution is 8.00. The van der Waals surface area contributed by atoms with Gasteiger partial charge in [-0.3, -0.25) is 4.79 Å². The minimum absolute atomic E-state index is 0.195. The van der Waals surface area contributed by atoms with Gasteiger partial charge in [0.2, 0.25) is 5.91 Å². The molecule has 25 heavy (non-hydrogen) atoms. The zero-order valence-electron chi connectivity index (χ0n) is 13.2. The quantitative estimate of drug-likeness (QED) is 0.648. The third kappa shape index (κ3) is 4.58. The van der Waals surface area contributed by atoms with E-state index in [9.17, 15) is 9.18 Å². The van der Waals surface area contributed by atoms with E-state index in [0.717, 1.165) is 11.3 Å². The molecule has 0 aliphatic heterocycles. The highest BCUT2D eigenvalue weighted by Crippen LogP contribution is 2.25. The first-order valence-corrected chi connectivity index (χ1v) is 8.67. The number of benzene rings is 1. The maximum Gasteiger partial charge on any atom is 0.238 e. The number of rotatable bonds is 5. The van der Waals surface area contributed by atoms with E-state index in [4.69, 9.17) is 11.6 Å². The van der Waals surface area contributed by atoms with Gasteiger partial charge in [0.1, 0.15) is 11.6 Å². The standard InChI is InChI=1S/C17H14ClFN4OS/c1-10(16(24)23-15-7-4-12(18)8-20-15)25-17-21-9-14(22-17)11-2-5-13(19)6-3-11/h2-10H,1H3,(H,21,22)(H,20,23,24). The number of aromatic nitrogens is 3. The van der Waals surface area contributed by atoms with Gasteiger partial charge in [0, 0.05) is 6.20 Å². The molecule has 8 heteroatoms. The monoisotopic (exact) mass is 376 g/mol. The highest BCUT2D eigenvalue weighted by atomic mass is 35.5. The first kappa shape index (κ1) is 17.4. The van der Waals surface area contributed by atoms with E-state index < -0.39 is 0 Å². The summed E-state index contributed by atoms with van der Waals surface area (Å²) in [5, 5.41) is 3.44. The fourth-order valence-electron chi connectivity index (χ4n) is 2.04. The van der Waals surface area contributed by atoms with Crippen LogP contribution in [0.3, 0.4) is 0 Å². The summed E-state index contributed by atoms with van der Waals surface area (Å²) in [4.78, 5) is 23.6. The fourth-order valence-corrected chi connectivity index (χ4v) is 2.93. The van der Waals surface area contributed by atoms with Crippen LogP contribution >= 0.6 is 23.4 Å². The summed E-state index contributed by atoms with van der Waals surface area (Å²) < 4.78 is 13.0. The van der Waals surface area contributed by atoms with Crippen LogP contribution in [0.25, 0.3) is 11.3 Å². The lowest BCUT2D eigenvalue weighted by Crippen LogP contribution is -2.23. The normalized spacial score (nSPS) is 12.0. The number of imidazole rings is 1. The maximum atomic E-state index is 13.0. The van der Waals surface area contributed by atoms with Crippen molar-refractivity contribution in [2.24, 2.45) is 0 Å². The van der Waals surface area contributed by atoms with Crippen molar-refractivity contribution in [1.82, 2.24) is 15.0 Å². The number of thioether (sulfide) groups is 1. The number of aromatic amines is 1. The molecule has 2 heterocycles. The van der Waals surface area contributed by atoms with Crippen molar-refractivity contribution in [3.8, 4) is 11.3 Å². The molecule has 0 aliphatic carbocycles. The Labute approximate surface area is 153 Å². The van der Waals surface area contributed by atoms with E-state index >= 15 is 0 Å². The second-order valence-corrected chi connectivity index (χ2v) is 6.99. The SMILES string of the molecule is CC(Sc1ncc(-c2ccc(F)cc2)[nH]1)C(=O)Nc1ccc(Cl)cn1. The number of carbonyl (C=O) groups excluding carboxylic acids is 1. The second-order valence-electron chi connectivity index (χ2n) is 5.22. The number of hydrogen-bond acceptors (Lipinski definition) is 4. The molecule has 0 fully saturated rings. The molecule has 3 rings (SSSR count). The Balaban J connectivity index is 1.62. The van der Waals surface area contributed by atoms with E-state index in [0.29, 0.717) is 16.0 Å². The minimum Gasteiger partial charge on any atom is -0.333 e. The van der Waals surface area contributed by atoms with Crippen molar-refractivity contribution in [2.45, 2.75) is 17.3 Å². The van der Waals surface area contributed by atoms with Gasteiger partial charge in [-0.15, -0.1) is 0 Å². The molecule has 1 atom stereocenters. The van der Waals surface area contributed by atoms with Crippen molar-refractivity contribution in [1.29, 1.82) is 0 Å². The van der Waals surface area contributed by atoms with Crippen molar-refractivity contribution in [3.05, 3.63) is 59.6 Å². The summed E-state index contributed by atoms with van der Waals surface area (Å²) in [6, 6.07) is 9.40. The molecular weight excluding hydrogens is 363 g/mol. The predicted octanol–water partition coefficient (Wildman–Crippen LogP) is 4.38. The molecule has 3 aromatic rings. The van der Waals surface area contributed by atoms with Gasteiger partial charge in [-0.1, -0.05) is 23.4 Å². The molecule has 0 bridgehead atoms. The van der Waals surface area contributed by atoms with Crippen LogP contribution in [0.2, 0.25) is 5.02 Å². The van der Waals surface area contributed by atoms with Gasteiger partial charge in [0.05, 0.1) is 22.2 Å². The largest absolute Gasteiger partial charge is 0.333 e. The van der Waals surface area contributed by atoms with E-state index in [1.165, 1.54) is 30.1 Å². The molecule has 1 amide bonds. The van der Waals surface area contributed by atoms with Crippen molar-refractivity contribution < 1.29 is 9.18 Å².